The quantitative estimate of drug-likeness (QED) is 0.942. The van der Waals surface area contributed by atoms with Crippen molar-refractivity contribution in [1.82, 2.24) is 9.78 Å². The van der Waals surface area contributed by atoms with Crippen molar-refractivity contribution in [2.45, 2.75) is 12.8 Å². The minimum Gasteiger partial charge on any atom is -0.330 e. The Kier molecular flexibility index (Phi) is 3.97. The lowest BCUT2D eigenvalue weighted by Gasteiger charge is -2.08. The summed E-state index contributed by atoms with van der Waals surface area (Å²) in [5.41, 5.74) is 9.17. The second-order valence-electron chi connectivity index (χ2n) is 4.01. The van der Waals surface area contributed by atoms with Gasteiger partial charge in [-0.15, -0.1) is 0 Å². The summed E-state index contributed by atoms with van der Waals surface area (Å²) in [6, 6.07) is 8.21. The van der Waals surface area contributed by atoms with Crippen molar-refractivity contribution in [3.63, 3.8) is 0 Å². The van der Waals surface area contributed by atoms with E-state index >= 15 is 0 Å². The van der Waals surface area contributed by atoms with Crippen molar-refractivity contribution in [3.05, 3.63) is 40.5 Å². The Bertz CT molecular complexity index is 505. The van der Waals surface area contributed by atoms with Crippen LogP contribution in [0.3, 0.4) is 0 Å². The summed E-state index contributed by atoms with van der Waals surface area (Å²) in [5.74, 6) is 0. The van der Waals surface area contributed by atoms with E-state index in [0.29, 0.717) is 6.54 Å². The standard InChI is InChI=1S/C13H16BrN3/c1-17-13(10(9-16-17)5-4-8-15)11-6-2-3-7-12(11)14/h2-3,6-7,9H,4-5,8,15H2,1H3. The van der Waals surface area contributed by atoms with Crippen molar-refractivity contribution in [3.8, 4) is 11.3 Å². The fourth-order valence-electron chi connectivity index (χ4n) is 1.96. The summed E-state index contributed by atoms with van der Waals surface area (Å²) in [6.45, 7) is 0.713. The van der Waals surface area contributed by atoms with Gasteiger partial charge in [-0.3, -0.25) is 4.68 Å². The van der Waals surface area contributed by atoms with Gasteiger partial charge < -0.3 is 5.73 Å². The van der Waals surface area contributed by atoms with Crippen LogP contribution < -0.4 is 5.73 Å². The molecule has 2 rings (SSSR count). The fraction of sp³-hybridized carbons (Fsp3) is 0.308. The van der Waals surface area contributed by atoms with Crippen LogP contribution in [0.4, 0.5) is 0 Å². The lowest BCUT2D eigenvalue weighted by molar-refractivity contribution is 0.774. The molecular formula is C13H16BrN3. The third-order valence-electron chi connectivity index (χ3n) is 2.79. The van der Waals surface area contributed by atoms with Crippen molar-refractivity contribution < 1.29 is 0 Å². The van der Waals surface area contributed by atoms with E-state index in [-0.39, 0.29) is 0 Å². The van der Waals surface area contributed by atoms with Crippen LogP contribution in [-0.4, -0.2) is 16.3 Å². The molecule has 17 heavy (non-hydrogen) atoms. The molecular weight excluding hydrogens is 278 g/mol. The highest BCUT2D eigenvalue weighted by atomic mass is 79.9. The lowest BCUT2D eigenvalue weighted by Crippen LogP contribution is -2.01. The first-order valence-electron chi connectivity index (χ1n) is 5.70. The van der Waals surface area contributed by atoms with Crippen LogP contribution in [0.25, 0.3) is 11.3 Å². The van der Waals surface area contributed by atoms with E-state index in [1.54, 1.807) is 0 Å². The molecule has 0 spiro atoms. The molecule has 1 aromatic heterocycles. The Hall–Kier alpha value is -1.13. The van der Waals surface area contributed by atoms with Gasteiger partial charge in [0.25, 0.3) is 0 Å². The van der Waals surface area contributed by atoms with Gasteiger partial charge in [-0.25, -0.2) is 0 Å². The van der Waals surface area contributed by atoms with Crippen LogP contribution in [0.2, 0.25) is 0 Å². The van der Waals surface area contributed by atoms with E-state index in [1.807, 2.05) is 30.1 Å². The number of hydrogen-bond acceptors (Lipinski definition) is 2. The second-order valence-corrected chi connectivity index (χ2v) is 4.87. The van der Waals surface area contributed by atoms with Crippen LogP contribution in [-0.2, 0) is 13.5 Å². The average molecular weight is 294 g/mol. The zero-order chi connectivity index (χ0) is 12.3. The molecule has 1 heterocycles. The van der Waals surface area contributed by atoms with Gasteiger partial charge in [0.05, 0.1) is 11.9 Å². The van der Waals surface area contributed by atoms with Gasteiger partial charge in [-0.2, -0.15) is 5.10 Å². The third kappa shape index (κ3) is 2.58. The van der Waals surface area contributed by atoms with Gasteiger partial charge in [-0.1, -0.05) is 34.1 Å². The summed E-state index contributed by atoms with van der Waals surface area (Å²) in [7, 11) is 1.97. The number of hydrogen-bond donors (Lipinski definition) is 1. The van der Waals surface area contributed by atoms with Crippen LogP contribution in [0.15, 0.2) is 34.9 Å². The summed E-state index contributed by atoms with van der Waals surface area (Å²) in [6.07, 6.45) is 3.90. The molecule has 0 bridgehead atoms. The Morgan fingerprint density at radius 2 is 2.12 bits per heavy atom. The van der Waals surface area contributed by atoms with E-state index in [0.717, 1.165) is 17.3 Å². The maximum Gasteiger partial charge on any atom is 0.0722 e. The van der Waals surface area contributed by atoms with Gasteiger partial charge in [-0.05, 0) is 31.0 Å². The number of halogens is 1. The van der Waals surface area contributed by atoms with Crippen molar-refractivity contribution in [2.24, 2.45) is 12.8 Å². The third-order valence-corrected chi connectivity index (χ3v) is 3.49. The molecule has 1 aromatic carbocycles. The first kappa shape index (κ1) is 12.3. The van der Waals surface area contributed by atoms with Crippen LogP contribution >= 0.6 is 15.9 Å². The monoisotopic (exact) mass is 293 g/mol. The molecule has 0 saturated carbocycles. The molecule has 4 heteroatoms. The zero-order valence-corrected chi connectivity index (χ0v) is 11.4. The van der Waals surface area contributed by atoms with Crippen LogP contribution in [0, 0.1) is 0 Å². The highest BCUT2D eigenvalue weighted by Crippen LogP contribution is 2.30. The number of aromatic nitrogens is 2. The Labute approximate surface area is 110 Å². The predicted octanol–water partition coefficient (Wildman–Crippen LogP) is 2.74. The highest BCUT2D eigenvalue weighted by Gasteiger charge is 2.12. The summed E-state index contributed by atoms with van der Waals surface area (Å²) in [4.78, 5) is 0. The maximum atomic E-state index is 5.57. The molecule has 0 radical (unpaired) electrons. The smallest absolute Gasteiger partial charge is 0.0722 e. The largest absolute Gasteiger partial charge is 0.330 e. The number of nitrogens with two attached hydrogens (primary N) is 1. The van der Waals surface area contributed by atoms with Gasteiger partial charge in [0.2, 0.25) is 0 Å². The van der Waals surface area contributed by atoms with Crippen molar-refractivity contribution in [1.29, 1.82) is 0 Å². The summed E-state index contributed by atoms with van der Waals surface area (Å²) >= 11 is 3.59. The fourth-order valence-corrected chi connectivity index (χ4v) is 2.43. The van der Waals surface area contributed by atoms with Crippen LogP contribution in [0.5, 0.6) is 0 Å². The second kappa shape index (κ2) is 5.47. The molecule has 0 fully saturated rings. The van der Waals surface area contributed by atoms with Gasteiger partial charge in [0.1, 0.15) is 0 Å². The summed E-state index contributed by atoms with van der Waals surface area (Å²) in [5, 5.41) is 4.34. The van der Waals surface area contributed by atoms with E-state index in [4.69, 9.17) is 5.73 Å². The first-order valence-corrected chi connectivity index (χ1v) is 6.49. The normalized spacial score (nSPS) is 10.8. The van der Waals surface area contributed by atoms with Gasteiger partial charge >= 0.3 is 0 Å². The highest BCUT2D eigenvalue weighted by molar-refractivity contribution is 9.10. The minimum atomic E-state index is 0.713. The molecule has 0 aliphatic rings. The molecule has 0 saturated heterocycles. The zero-order valence-electron chi connectivity index (χ0n) is 9.86. The van der Waals surface area contributed by atoms with E-state index in [2.05, 4.69) is 33.2 Å². The number of aryl methyl sites for hydroxylation is 2. The van der Waals surface area contributed by atoms with Crippen LogP contribution in [0.1, 0.15) is 12.0 Å². The molecule has 3 nitrogen and oxygen atoms in total. The molecule has 0 aliphatic carbocycles. The van der Waals surface area contributed by atoms with Gasteiger partial charge in [0.15, 0.2) is 0 Å². The number of nitrogens with zero attached hydrogens (tertiary/aromatic N) is 2. The molecule has 0 aliphatic heterocycles. The number of rotatable bonds is 4. The van der Waals surface area contributed by atoms with E-state index < -0.39 is 0 Å². The first-order chi connectivity index (χ1) is 8.24. The van der Waals surface area contributed by atoms with Gasteiger partial charge in [0, 0.05) is 17.1 Å². The molecule has 0 unspecified atom stereocenters. The maximum absolute atomic E-state index is 5.57. The van der Waals surface area contributed by atoms with Crippen molar-refractivity contribution >= 4 is 15.9 Å². The SMILES string of the molecule is Cn1ncc(CCCN)c1-c1ccccc1Br. The van der Waals surface area contributed by atoms with E-state index in [1.165, 1.54) is 16.8 Å². The van der Waals surface area contributed by atoms with E-state index in [9.17, 15) is 0 Å². The molecule has 90 valence electrons. The minimum absolute atomic E-state index is 0.713. The number of benzene rings is 1. The Morgan fingerprint density at radius 3 is 2.82 bits per heavy atom. The average Bonchev–Trinajstić information content (AvgIpc) is 2.69. The topological polar surface area (TPSA) is 43.8 Å². The molecule has 0 amide bonds. The predicted molar refractivity (Wildman–Crippen MR) is 73.7 cm³/mol. The molecule has 2 aromatic rings. The summed E-state index contributed by atoms with van der Waals surface area (Å²) < 4.78 is 3.02. The lowest BCUT2D eigenvalue weighted by atomic mass is 10.0. The molecule has 2 N–H and O–H groups in total. The molecule has 0 atom stereocenters. The Balaban J connectivity index is 2.44. The Morgan fingerprint density at radius 1 is 1.35 bits per heavy atom. The van der Waals surface area contributed by atoms with Crippen molar-refractivity contribution in [2.75, 3.05) is 6.54 Å².